The fourth-order valence-electron chi connectivity index (χ4n) is 1.71. The van der Waals surface area contributed by atoms with Crippen molar-refractivity contribution in [2.75, 3.05) is 37.4 Å². The predicted molar refractivity (Wildman–Crippen MR) is 72.6 cm³/mol. The van der Waals surface area contributed by atoms with Gasteiger partial charge < -0.3 is 15.4 Å². The van der Waals surface area contributed by atoms with Gasteiger partial charge >= 0.3 is 0 Å². The Kier molecular flexibility index (Phi) is 4.36. The van der Waals surface area contributed by atoms with Crippen LogP contribution in [0.15, 0.2) is 6.07 Å². The summed E-state index contributed by atoms with van der Waals surface area (Å²) in [5, 5.41) is 0. The molecule has 0 aromatic carbocycles. The number of nitrogens with zero attached hydrogens (tertiary/aromatic N) is 3. The highest BCUT2D eigenvalue weighted by Gasteiger charge is 2.21. The summed E-state index contributed by atoms with van der Waals surface area (Å²) < 4.78 is 5.62. The van der Waals surface area contributed by atoms with Crippen molar-refractivity contribution in [1.82, 2.24) is 9.97 Å². The molecular formula is C13H22N4O. The molecule has 1 aliphatic carbocycles. The predicted octanol–water partition coefficient (Wildman–Crippen LogP) is 1.48. The molecule has 1 heterocycles. The van der Waals surface area contributed by atoms with Crippen LogP contribution in [0.3, 0.4) is 0 Å². The summed E-state index contributed by atoms with van der Waals surface area (Å²) in [6, 6.07) is 1.81. The molecule has 0 unspecified atom stereocenters. The largest absolute Gasteiger partial charge is 0.384 e. The zero-order valence-corrected chi connectivity index (χ0v) is 11.2. The summed E-state index contributed by atoms with van der Waals surface area (Å²) in [7, 11) is 2.00. The highest BCUT2D eigenvalue weighted by molar-refractivity contribution is 5.46. The number of nitrogens with two attached hydrogens (primary N) is 1. The molecule has 5 nitrogen and oxygen atoms in total. The Bertz CT molecular complexity index is 393. The lowest BCUT2D eigenvalue weighted by atomic mass is 10.4. The van der Waals surface area contributed by atoms with Gasteiger partial charge in [0.2, 0.25) is 0 Å². The van der Waals surface area contributed by atoms with E-state index in [0.29, 0.717) is 5.82 Å². The van der Waals surface area contributed by atoms with E-state index in [2.05, 4.69) is 14.9 Å². The van der Waals surface area contributed by atoms with E-state index in [1.807, 2.05) is 14.0 Å². The summed E-state index contributed by atoms with van der Waals surface area (Å²) in [4.78, 5) is 10.7. The quantitative estimate of drug-likeness (QED) is 0.743. The van der Waals surface area contributed by atoms with Gasteiger partial charge in [-0.2, -0.15) is 0 Å². The van der Waals surface area contributed by atoms with E-state index in [1.54, 1.807) is 6.07 Å². The second-order valence-corrected chi connectivity index (χ2v) is 4.86. The number of likely N-dealkylation sites (N-methyl/N-ethyl adjacent to an activating group) is 1. The molecule has 100 valence electrons. The Morgan fingerprint density at radius 3 is 2.89 bits per heavy atom. The highest BCUT2D eigenvalue weighted by atomic mass is 16.5. The molecule has 1 fully saturated rings. The lowest BCUT2D eigenvalue weighted by Crippen LogP contribution is -2.24. The van der Waals surface area contributed by atoms with Crippen molar-refractivity contribution in [2.45, 2.75) is 26.2 Å². The minimum atomic E-state index is 0.530. The van der Waals surface area contributed by atoms with Gasteiger partial charge in [-0.1, -0.05) is 6.92 Å². The third-order valence-electron chi connectivity index (χ3n) is 3.11. The fourth-order valence-corrected chi connectivity index (χ4v) is 1.71. The molecule has 1 aromatic heterocycles. The summed E-state index contributed by atoms with van der Waals surface area (Å²) in [6.45, 7) is 4.49. The van der Waals surface area contributed by atoms with Crippen LogP contribution < -0.4 is 10.6 Å². The van der Waals surface area contributed by atoms with Gasteiger partial charge in [-0.3, -0.25) is 0 Å². The Balaban J connectivity index is 1.82. The van der Waals surface area contributed by atoms with Crippen LogP contribution in [0.25, 0.3) is 0 Å². The molecule has 1 saturated carbocycles. The molecule has 0 atom stereocenters. The third-order valence-corrected chi connectivity index (χ3v) is 3.11. The molecule has 0 bridgehead atoms. The topological polar surface area (TPSA) is 64.3 Å². The van der Waals surface area contributed by atoms with Crippen molar-refractivity contribution in [3.63, 3.8) is 0 Å². The number of rotatable bonds is 7. The Morgan fingerprint density at radius 2 is 2.22 bits per heavy atom. The third kappa shape index (κ3) is 3.84. The molecule has 0 amide bonds. The molecule has 18 heavy (non-hydrogen) atoms. The van der Waals surface area contributed by atoms with Crippen molar-refractivity contribution in [1.29, 1.82) is 0 Å². The normalized spacial score (nSPS) is 14.8. The van der Waals surface area contributed by atoms with Gasteiger partial charge in [0, 0.05) is 32.7 Å². The molecule has 2 rings (SSSR count). The fraction of sp³-hybridized carbons (Fsp3) is 0.692. The smallest absolute Gasteiger partial charge is 0.134 e. The second kappa shape index (κ2) is 6.00. The van der Waals surface area contributed by atoms with Crippen molar-refractivity contribution in [3.8, 4) is 0 Å². The van der Waals surface area contributed by atoms with Crippen LogP contribution in [0.4, 0.5) is 11.6 Å². The standard InChI is InChI=1S/C13H22N4O/c1-3-12-15-11(14)8-13(16-12)17(2)6-7-18-9-10-4-5-10/h8,10H,3-7,9H2,1-2H3,(H2,14,15,16). The Morgan fingerprint density at radius 1 is 1.44 bits per heavy atom. The second-order valence-electron chi connectivity index (χ2n) is 4.86. The van der Waals surface area contributed by atoms with Gasteiger partial charge in [-0.05, 0) is 18.8 Å². The first kappa shape index (κ1) is 13.1. The van der Waals surface area contributed by atoms with Crippen molar-refractivity contribution in [3.05, 3.63) is 11.9 Å². The SMILES string of the molecule is CCc1nc(N)cc(N(C)CCOCC2CC2)n1. The summed E-state index contributed by atoms with van der Waals surface area (Å²) in [5.74, 6) is 3.00. The molecule has 0 radical (unpaired) electrons. The van der Waals surface area contributed by atoms with E-state index in [0.717, 1.165) is 43.7 Å². The van der Waals surface area contributed by atoms with Crippen LogP contribution in [0.2, 0.25) is 0 Å². The number of nitrogen functional groups attached to an aromatic ring is 1. The van der Waals surface area contributed by atoms with Crippen LogP contribution in [-0.4, -0.2) is 36.8 Å². The number of hydrogen-bond donors (Lipinski definition) is 1. The first-order chi connectivity index (χ1) is 8.69. The minimum absolute atomic E-state index is 0.530. The average Bonchev–Trinajstić information content (AvgIpc) is 3.17. The van der Waals surface area contributed by atoms with Gasteiger partial charge in [0.15, 0.2) is 0 Å². The Labute approximate surface area is 108 Å². The van der Waals surface area contributed by atoms with Crippen LogP contribution >= 0.6 is 0 Å². The maximum atomic E-state index is 5.77. The summed E-state index contributed by atoms with van der Waals surface area (Å²) in [5.41, 5.74) is 5.77. The molecular weight excluding hydrogens is 228 g/mol. The molecule has 1 aromatic rings. The number of ether oxygens (including phenoxy) is 1. The van der Waals surface area contributed by atoms with Crippen molar-refractivity contribution >= 4 is 11.6 Å². The molecule has 0 saturated heterocycles. The average molecular weight is 250 g/mol. The Hall–Kier alpha value is -1.36. The lowest BCUT2D eigenvalue weighted by molar-refractivity contribution is 0.131. The van der Waals surface area contributed by atoms with E-state index < -0.39 is 0 Å². The summed E-state index contributed by atoms with van der Waals surface area (Å²) >= 11 is 0. The number of hydrogen-bond acceptors (Lipinski definition) is 5. The lowest BCUT2D eigenvalue weighted by Gasteiger charge is -2.18. The van der Waals surface area contributed by atoms with Gasteiger partial charge in [-0.25, -0.2) is 9.97 Å². The zero-order valence-electron chi connectivity index (χ0n) is 11.2. The first-order valence-corrected chi connectivity index (χ1v) is 6.61. The summed E-state index contributed by atoms with van der Waals surface area (Å²) in [6.07, 6.45) is 3.46. The van der Waals surface area contributed by atoms with Crippen LogP contribution in [-0.2, 0) is 11.2 Å². The van der Waals surface area contributed by atoms with Gasteiger partial charge in [0.05, 0.1) is 6.61 Å². The number of anilines is 2. The van der Waals surface area contributed by atoms with E-state index in [4.69, 9.17) is 10.5 Å². The molecule has 1 aliphatic rings. The van der Waals surface area contributed by atoms with Crippen LogP contribution in [0, 0.1) is 5.92 Å². The van der Waals surface area contributed by atoms with E-state index >= 15 is 0 Å². The van der Waals surface area contributed by atoms with E-state index in [9.17, 15) is 0 Å². The van der Waals surface area contributed by atoms with Crippen molar-refractivity contribution < 1.29 is 4.74 Å². The van der Waals surface area contributed by atoms with Crippen LogP contribution in [0.1, 0.15) is 25.6 Å². The molecule has 0 aliphatic heterocycles. The zero-order chi connectivity index (χ0) is 13.0. The van der Waals surface area contributed by atoms with Gasteiger partial charge in [0.1, 0.15) is 17.5 Å². The highest BCUT2D eigenvalue weighted by Crippen LogP contribution is 2.28. The van der Waals surface area contributed by atoms with Gasteiger partial charge in [-0.15, -0.1) is 0 Å². The maximum Gasteiger partial charge on any atom is 0.134 e. The number of aromatic nitrogens is 2. The van der Waals surface area contributed by atoms with Crippen LogP contribution in [0.5, 0.6) is 0 Å². The first-order valence-electron chi connectivity index (χ1n) is 6.61. The number of aryl methyl sites for hydroxylation is 1. The van der Waals surface area contributed by atoms with E-state index in [-0.39, 0.29) is 0 Å². The minimum Gasteiger partial charge on any atom is -0.384 e. The molecule has 5 heteroatoms. The van der Waals surface area contributed by atoms with E-state index in [1.165, 1.54) is 12.8 Å². The van der Waals surface area contributed by atoms with Gasteiger partial charge in [0.25, 0.3) is 0 Å². The molecule has 0 spiro atoms. The van der Waals surface area contributed by atoms with Crippen molar-refractivity contribution in [2.24, 2.45) is 5.92 Å². The maximum absolute atomic E-state index is 5.77. The molecule has 2 N–H and O–H groups in total. The monoisotopic (exact) mass is 250 g/mol.